The third-order valence-corrected chi connectivity index (χ3v) is 4.90. The maximum absolute atomic E-state index is 12.3. The molecule has 0 fully saturated rings. The second-order valence-electron chi connectivity index (χ2n) is 6.31. The normalized spacial score (nSPS) is 15.6. The van der Waals surface area contributed by atoms with Crippen molar-refractivity contribution in [3.05, 3.63) is 52.5 Å². The Bertz CT molecular complexity index is 801. The molecule has 5 nitrogen and oxygen atoms in total. The van der Waals surface area contributed by atoms with Crippen molar-refractivity contribution in [2.24, 2.45) is 0 Å². The minimum Gasteiger partial charge on any atom is -0.486 e. The van der Waals surface area contributed by atoms with E-state index in [4.69, 9.17) is 32.7 Å². The summed E-state index contributed by atoms with van der Waals surface area (Å²) in [7, 11) is 0. The number of amides is 1. The fraction of sp³-hybridized carbons (Fsp3) is 0.350. The van der Waals surface area contributed by atoms with Gasteiger partial charge in [0.2, 0.25) is 5.91 Å². The number of benzene rings is 2. The molecule has 0 radical (unpaired) electrons. The smallest absolute Gasteiger partial charge is 0.225 e. The molecule has 27 heavy (non-hydrogen) atoms. The van der Waals surface area contributed by atoms with E-state index in [2.05, 4.69) is 17.1 Å². The van der Waals surface area contributed by atoms with Crippen LogP contribution in [0.15, 0.2) is 42.5 Å². The SMILES string of the molecule is CCN(CCC(=O)Nc1cc(Cl)ccc1Cl)CC1COc2ccccc2O1. The first-order valence-electron chi connectivity index (χ1n) is 8.91. The Balaban J connectivity index is 1.49. The molecule has 7 heteroatoms. The van der Waals surface area contributed by atoms with Gasteiger partial charge in [-0.15, -0.1) is 0 Å². The molecule has 0 aromatic heterocycles. The molecule has 144 valence electrons. The highest BCUT2D eigenvalue weighted by Gasteiger charge is 2.22. The molecule has 0 aliphatic carbocycles. The van der Waals surface area contributed by atoms with Crippen molar-refractivity contribution in [3.63, 3.8) is 0 Å². The molecule has 0 bridgehead atoms. The van der Waals surface area contributed by atoms with Crippen molar-refractivity contribution < 1.29 is 14.3 Å². The largest absolute Gasteiger partial charge is 0.486 e. The molecule has 2 aromatic carbocycles. The Kier molecular flexibility index (Phi) is 6.83. The lowest BCUT2D eigenvalue weighted by Crippen LogP contribution is -2.41. The number of hydrogen-bond donors (Lipinski definition) is 1. The van der Waals surface area contributed by atoms with E-state index in [1.165, 1.54) is 0 Å². The van der Waals surface area contributed by atoms with Gasteiger partial charge in [0.25, 0.3) is 0 Å². The van der Waals surface area contributed by atoms with E-state index in [1.807, 2.05) is 24.3 Å². The van der Waals surface area contributed by atoms with E-state index in [-0.39, 0.29) is 12.0 Å². The molecule has 2 aromatic rings. The van der Waals surface area contributed by atoms with E-state index in [1.54, 1.807) is 18.2 Å². The molecule has 0 saturated carbocycles. The molecule has 3 rings (SSSR count). The number of carbonyl (C=O) groups excluding carboxylic acids is 1. The van der Waals surface area contributed by atoms with Crippen LogP contribution in [0.4, 0.5) is 5.69 Å². The number of hydrogen-bond acceptors (Lipinski definition) is 4. The van der Waals surface area contributed by atoms with E-state index < -0.39 is 0 Å². The van der Waals surface area contributed by atoms with Crippen molar-refractivity contribution in [2.45, 2.75) is 19.4 Å². The van der Waals surface area contributed by atoms with E-state index in [0.29, 0.717) is 41.8 Å². The number of carbonyl (C=O) groups is 1. The molecule has 1 N–H and O–H groups in total. The number of fused-ring (bicyclic) bond motifs is 1. The maximum Gasteiger partial charge on any atom is 0.225 e. The van der Waals surface area contributed by atoms with E-state index in [0.717, 1.165) is 18.0 Å². The molecule has 1 amide bonds. The summed E-state index contributed by atoms with van der Waals surface area (Å²) in [5.74, 6) is 1.43. The summed E-state index contributed by atoms with van der Waals surface area (Å²) in [6.07, 6.45) is 0.284. The van der Waals surface area contributed by atoms with Crippen LogP contribution in [0.1, 0.15) is 13.3 Å². The summed E-state index contributed by atoms with van der Waals surface area (Å²) in [5, 5.41) is 3.80. The lowest BCUT2D eigenvalue weighted by molar-refractivity contribution is -0.116. The molecular weight excluding hydrogens is 387 g/mol. The Morgan fingerprint density at radius 2 is 2.00 bits per heavy atom. The third-order valence-electron chi connectivity index (χ3n) is 4.33. The number of ether oxygens (including phenoxy) is 2. The van der Waals surface area contributed by atoms with Gasteiger partial charge in [-0.1, -0.05) is 42.3 Å². The van der Waals surface area contributed by atoms with Gasteiger partial charge in [0, 0.05) is 24.5 Å². The summed E-state index contributed by atoms with van der Waals surface area (Å²) < 4.78 is 11.7. The molecule has 1 aliphatic rings. The van der Waals surface area contributed by atoms with E-state index >= 15 is 0 Å². The number of likely N-dealkylation sites (N-methyl/N-ethyl adjacent to an activating group) is 1. The number of para-hydroxylation sites is 2. The number of anilines is 1. The first-order chi connectivity index (χ1) is 13.0. The zero-order valence-corrected chi connectivity index (χ0v) is 16.6. The van der Waals surface area contributed by atoms with Crippen molar-refractivity contribution in [3.8, 4) is 11.5 Å². The van der Waals surface area contributed by atoms with Crippen LogP contribution in [0.2, 0.25) is 10.0 Å². The van der Waals surface area contributed by atoms with Crippen LogP contribution >= 0.6 is 23.2 Å². The van der Waals surface area contributed by atoms with Crippen molar-refractivity contribution >= 4 is 34.8 Å². The van der Waals surface area contributed by atoms with Crippen LogP contribution in [-0.2, 0) is 4.79 Å². The maximum atomic E-state index is 12.3. The highest BCUT2D eigenvalue weighted by molar-refractivity contribution is 6.35. The number of nitrogens with one attached hydrogen (secondary N) is 1. The quantitative estimate of drug-likeness (QED) is 0.733. The van der Waals surface area contributed by atoms with E-state index in [9.17, 15) is 4.79 Å². The molecular formula is C20H22Cl2N2O3. The zero-order valence-electron chi connectivity index (χ0n) is 15.1. The predicted molar refractivity (Wildman–Crippen MR) is 108 cm³/mol. The first kappa shape index (κ1) is 19.8. The summed E-state index contributed by atoms with van der Waals surface area (Å²) in [5.41, 5.74) is 0.526. The molecule has 1 unspecified atom stereocenters. The van der Waals surface area contributed by atoms with Crippen molar-refractivity contribution in [1.82, 2.24) is 4.90 Å². The van der Waals surface area contributed by atoms with Gasteiger partial charge in [-0.05, 0) is 36.9 Å². The number of nitrogens with zero attached hydrogens (tertiary/aromatic N) is 1. The fourth-order valence-electron chi connectivity index (χ4n) is 2.89. The minimum absolute atomic E-state index is 0.0646. The van der Waals surface area contributed by atoms with Crippen molar-refractivity contribution in [1.29, 1.82) is 0 Å². The van der Waals surface area contributed by atoms with Crippen molar-refractivity contribution in [2.75, 3.05) is 31.6 Å². The second-order valence-corrected chi connectivity index (χ2v) is 7.16. The topological polar surface area (TPSA) is 50.8 Å². The molecule has 1 atom stereocenters. The third kappa shape index (κ3) is 5.51. The summed E-state index contributed by atoms with van der Waals surface area (Å²) in [6.45, 7) is 4.67. The Hall–Kier alpha value is -1.95. The standard InChI is InChI=1S/C20H22Cl2N2O3/c1-2-24(12-15-13-26-18-5-3-4-6-19(18)27-15)10-9-20(25)23-17-11-14(21)7-8-16(17)22/h3-8,11,15H,2,9-10,12-13H2,1H3,(H,23,25). The summed E-state index contributed by atoms with van der Waals surface area (Å²) in [4.78, 5) is 14.4. The van der Waals surface area contributed by atoms with Crippen LogP contribution < -0.4 is 14.8 Å². The number of halogens is 2. The molecule has 0 saturated heterocycles. The Morgan fingerprint density at radius 3 is 2.78 bits per heavy atom. The molecule has 1 aliphatic heterocycles. The highest BCUT2D eigenvalue weighted by Crippen LogP contribution is 2.31. The summed E-state index contributed by atoms with van der Waals surface area (Å²) in [6, 6.07) is 12.6. The second kappa shape index (κ2) is 9.31. The lowest BCUT2D eigenvalue weighted by Gasteiger charge is -2.30. The predicted octanol–water partition coefficient (Wildman–Crippen LogP) is 4.48. The van der Waals surface area contributed by atoms with Gasteiger partial charge in [-0.2, -0.15) is 0 Å². The highest BCUT2D eigenvalue weighted by atomic mass is 35.5. The van der Waals surface area contributed by atoms with Gasteiger partial charge in [0.1, 0.15) is 12.7 Å². The van der Waals surface area contributed by atoms with Crippen LogP contribution in [0.25, 0.3) is 0 Å². The van der Waals surface area contributed by atoms with Gasteiger partial charge >= 0.3 is 0 Å². The van der Waals surface area contributed by atoms with Gasteiger partial charge in [-0.25, -0.2) is 0 Å². The van der Waals surface area contributed by atoms with Gasteiger partial charge < -0.3 is 14.8 Å². The number of rotatable bonds is 7. The molecule has 1 heterocycles. The van der Waals surface area contributed by atoms with Crippen LogP contribution in [0, 0.1) is 0 Å². The zero-order chi connectivity index (χ0) is 19.2. The van der Waals surface area contributed by atoms with Crippen LogP contribution in [-0.4, -0.2) is 43.2 Å². The summed E-state index contributed by atoms with van der Waals surface area (Å²) >= 11 is 12.0. The van der Waals surface area contributed by atoms with Gasteiger partial charge in [0.15, 0.2) is 11.5 Å². The first-order valence-corrected chi connectivity index (χ1v) is 9.66. The Morgan fingerprint density at radius 1 is 1.22 bits per heavy atom. The fourth-order valence-corrected chi connectivity index (χ4v) is 3.22. The van der Waals surface area contributed by atoms with Gasteiger partial charge in [0.05, 0.1) is 10.7 Å². The van der Waals surface area contributed by atoms with Crippen LogP contribution in [0.5, 0.6) is 11.5 Å². The average molecular weight is 409 g/mol. The molecule has 0 spiro atoms. The monoisotopic (exact) mass is 408 g/mol. The van der Waals surface area contributed by atoms with Crippen LogP contribution in [0.3, 0.4) is 0 Å². The minimum atomic E-state index is -0.108. The average Bonchev–Trinajstić information content (AvgIpc) is 2.68. The Labute approximate surface area is 169 Å². The lowest BCUT2D eigenvalue weighted by atomic mass is 10.2. The van der Waals surface area contributed by atoms with Gasteiger partial charge in [-0.3, -0.25) is 9.69 Å².